The Morgan fingerprint density at radius 3 is 2.46 bits per heavy atom. The van der Waals surface area contributed by atoms with Crippen LogP contribution in [0.4, 0.5) is 4.39 Å². The van der Waals surface area contributed by atoms with E-state index >= 15 is 0 Å². The molecule has 0 spiro atoms. The minimum absolute atomic E-state index is 0.120. The van der Waals surface area contributed by atoms with Crippen LogP contribution in [0.5, 0.6) is 5.75 Å². The molecular formula is C9H11BrFNO. The van der Waals surface area contributed by atoms with Crippen LogP contribution in [0.25, 0.3) is 0 Å². The van der Waals surface area contributed by atoms with Gasteiger partial charge in [-0.25, -0.2) is 4.39 Å². The van der Waals surface area contributed by atoms with Gasteiger partial charge in [0, 0.05) is 17.2 Å². The lowest BCUT2D eigenvalue weighted by Gasteiger charge is -2.20. The van der Waals surface area contributed by atoms with Gasteiger partial charge < -0.3 is 10.8 Å². The van der Waals surface area contributed by atoms with E-state index in [4.69, 9.17) is 10.8 Å². The maximum atomic E-state index is 13.3. The minimum atomic E-state index is -0.750. The molecule has 0 aromatic heterocycles. The Morgan fingerprint density at radius 1 is 1.46 bits per heavy atom. The molecule has 0 fully saturated rings. The van der Waals surface area contributed by atoms with Gasteiger partial charge in [-0.3, -0.25) is 0 Å². The molecule has 0 radical (unpaired) electrons. The largest absolute Gasteiger partial charge is 0.507 e. The van der Waals surface area contributed by atoms with Gasteiger partial charge in [-0.2, -0.15) is 0 Å². The van der Waals surface area contributed by atoms with Gasteiger partial charge >= 0.3 is 0 Å². The van der Waals surface area contributed by atoms with E-state index in [1.165, 1.54) is 6.07 Å². The minimum Gasteiger partial charge on any atom is -0.507 e. The van der Waals surface area contributed by atoms with Crippen LogP contribution in [-0.4, -0.2) is 5.11 Å². The van der Waals surface area contributed by atoms with Crippen molar-refractivity contribution in [1.82, 2.24) is 0 Å². The van der Waals surface area contributed by atoms with Gasteiger partial charge in [-0.05, 0) is 35.8 Å². The summed E-state index contributed by atoms with van der Waals surface area (Å²) in [6, 6.07) is 2.54. The van der Waals surface area contributed by atoms with E-state index < -0.39 is 11.4 Å². The van der Waals surface area contributed by atoms with Crippen molar-refractivity contribution in [1.29, 1.82) is 0 Å². The number of halogens is 2. The zero-order valence-electron chi connectivity index (χ0n) is 7.44. The van der Waals surface area contributed by atoms with Crippen molar-refractivity contribution in [2.75, 3.05) is 0 Å². The lowest BCUT2D eigenvalue weighted by atomic mass is 9.95. The topological polar surface area (TPSA) is 46.2 Å². The van der Waals surface area contributed by atoms with E-state index in [0.717, 1.165) is 6.07 Å². The van der Waals surface area contributed by atoms with Crippen molar-refractivity contribution in [2.24, 2.45) is 5.73 Å². The fourth-order valence-electron chi connectivity index (χ4n) is 1.03. The highest BCUT2D eigenvalue weighted by atomic mass is 79.9. The number of benzene rings is 1. The molecule has 0 heterocycles. The van der Waals surface area contributed by atoms with Crippen LogP contribution in [0.2, 0.25) is 0 Å². The molecule has 4 heteroatoms. The van der Waals surface area contributed by atoms with Gasteiger partial charge in [-0.1, -0.05) is 0 Å². The van der Waals surface area contributed by atoms with E-state index in [0.29, 0.717) is 10.0 Å². The second-order valence-electron chi connectivity index (χ2n) is 3.51. The van der Waals surface area contributed by atoms with E-state index in [1.54, 1.807) is 13.8 Å². The lowest BCUT2D eigenvalue weighted by molar-refractivity contribution is 0.455. The number of hydrogen-bond acceptors (Lipinski definition) is 2. The number of phenolic OH excluding ortho intramolecular Hbond substituents is 1. The predicted molar refractivity (Wildman–Crippen MR) is 53.0 cm³/mol. The normalized spacial score (nSPS) is 11.8. The van der Waals surface area contributed by atoms with Gasteiger partial charge in [0.05, 0.1) is 4.47 Å². The molecule has 1 aromatic carbocycles. The van der Waals surface area contributed by atoms with Gasteiger partial charge in [-0.15, -0.1) is 0 Å². The van der Waals surface area contributed by atoms with Crippen molar-refractivity contribution < 1.29 is 9.50 Å². The van der Waals surface area contributed by atoms with Crippen molar-refractivity contribution in [2.45, 2.75) is 19.4 Å². The summed E-state index contributed by atoms with van der Waals surface area (Å²) in [5.41, 5.74) is 5.36. The quantitative estimate of drug-likeness (QED) is 0.801. The Morgan fingerprint density at radius 2 is 2.00 bits per heavy atom. The van der Waals surface area contributed by atoms with Gasteiger partial charge in [0.1, 0.15) is 11.6 Å². The van der Waals surface area contributed by atoms with Crippen molar-refractivity contribution >= 4 is 15.9 Å². The molecule has 0 aliphatic rings. The molecule has 0 saturated heterocycles. The summed E-state index contributed by atoms with van der Waals surface area (Å²) in [7, 11) is 0. The van der Waals surface area contributed by atoms with Crippen molar-refractivity contribution in [3.05, 3.63) is 28.0 Å². The molecule has 3 N–H and O–H groups in total. The molecule has 72 valence electrons. The number of phenols is 1. The fourth-order valence-corrected chi connectivity index (χ4v) is 1.37. The van der Waals surface area contributed by atoms with Crippen molar-refractivity contribution in [3.63, 3.8) is 0 Å². The standard InChI is InChI=1S/C9H11BrFNO/c1-9(2,12)5-3-6(10)8(13)4-7(5)11/h3-4,13H,12H2,1-2H3. The molecule has 0 aliphatic heterocycles. The van der Waals surface area contributed by atoms with E-state index in [2.05, 4.69) is 15.9 Å². The highest BCUT2D eigenvalue weighted by molar-refractivity contribution is 9.10. The van der Waals surface area contributed by atoms with Crippen LogP contribution >= 0.6 is 15.9 Å². The Bertz CT molecular complexity index is 333. The maximum absolute atomic E-state index is 13.3. The van der Waals surface area contributed by atoms with Crippen LogP contribution in [0, 0.1) is 5.82 Å². The number of nitrogens with two attached hydrogens (primary N) is 1. The summed E-state index contributed by atoms with van der Waals surface area (Å²) in [5, 5.41) is 9.16. The summed E-state index contributed by atoms with van der Waals surface area (Å²) < 4.78 is 13.7. The molecule has 0 bridgehead atoms. The average Bonchev–Trinajstić information content (AvgIpc) is 1.94. The molecule has 1 aromatic rings. The first kappa shape index (κ1) is 10.5. The molecule has 0 unspecified atom stereocenters. The van der Waals surface area contributed by atoms with Crippen LogP contribution in [0.1, 0.15) is 19.4 Å². The van der Waals surface area contributed by atoms with Crippen LogP contribution in [0.15, 0.2) is 16.6 Å². The first-order valence-corrected chi connectivity index (χ1v) is 4.59. The van der Waals surface area contributed by atoms with Crippen molar-refractivity contribution in [3.8, 4) is 5.75 Å². The Labute approximate surface area is 84.7 Å². The van der Waals surface area contributed by atoms with Gasteiger partial charge in [0.15, 0.2) is 0 Å². The first-order chi connectivity index (χ1) is 5.82. The number of aromatic hydroxyl groups is 1. The summed E-state index contributed by atoms with van der Waals surface area (Å²) in [6.45, 7) is 3.41. The summed E-state index contributed by atoms with van der Waals surface area (Å²) >= 11 is 3.10. The third-order valence-electron chi connectivity index (χ3n) is 1.73. The summed E-state index contributed by atoms with van der Waals surface area (Å²) in [6.07, 6.45) is 0. The molecule has 0 aliphatic carbocycles. The molecule has 0 atom stereocenters. The van der Waals surface area contributed by atoms with Crippen LogP contribution < -0.4 is 5.73 Å². The first-order valence-electron chi connectivity index (χ1n) is 3.79. The Hall–Kier alpha value is -0.610. The molecule has 2 nitrogen and oxygen atoms in total. The fraction of sp³-hybridized carbons (Fsp3) is 0.333. The second kappa shape index (κ2) is 3.27. The van der Waals surface area contributed by atoms with Crippen LogP contribution in [0.3, 0.4) is 0 Å². The third kappa shape index (κ3) is 2.19. The number of hydrogen-bond donors (Lipinski definition) is 2. The molecular weight excluding hydrogens is 237 g/mol. The highest BCUT2D eigenvalue weighted by Gasteiger charge is 2.20. The van der Waals surface area contributed by atoms with Crippen LogP contribution in [-0.2, 0) is 5.54 Å². The summed E-state index contributed by atoms with van der Waals surface area (Å²) in [5.74, 6) is -0.612. The molecule has 1 rings (SSSR count). The smallest absolute Gasteiger partial charge is 0.132 e. The number of rotatable bonds is 1. The lowest BCUT2D eigenvalue weighted by Crippen LogP contribution is -2.29. The zero-order chi connectivity index (χ0) is 10.2. The second-order valence-corrected chi connectivity index (χ2v) is 4.36. The molecule has 0 amide bonds. The molecule has 13 heavy (non-hydrogen) atoms. The van der Waals surface area contributed by atoms with E-state index in [-0.39, 0.29) is 5.75 Å². The average molecular weight is 248 g/mol. The van der Waals surface area contributed by atoms with Gasteiger partial charge in [0.2, 0.25) is 0 Å². The highest BCUT2D eigenvalue weighted by Crippen LogP contribution is 2.30. The Balaban J connectivity index is 3.32. The monoisotopic (exact) mass is 247 g/mol. The SMILES string of the molecule is CC(C)(N)c1cc(Br)c(O)cc1F. The third-order valence-corrected chi connectivity index (χ3v) is 2.37. The Kier molecular flexibility index (Phi) is 2.63. The van der Waals surface area contributed by atoms with E-state index in [9.17, 15) is 4.39 Å². The van der Waals surface area contributed by atoms with E-state index in [1.807, 2.05) is 0 Å². The maximum Gasteiger partial charge on any atom is 0.132 e. The summed E-state index contributed by atoms with van der Waals surface area (Å²) in [4.78, 5) is 0. The zero-order valence-corrected chi connectivity index (χ0v) is 9.02. The van der Waals surface area contributed by atoms with Gasteiger partial charge in [0.25, 0.3) is 0 Å². The predicted octanol–water partition coefficient (Wildman–Crippen LogP) is 2.49. The molecule has 0 saturated carbocycles.